The topological polar surface area (TPSA) is 96.3 Å². The second-order valence-electron chi connectivity index (χ2n) is 8.37. The van der Waals surface area contributed by atoms with Crippen molar-refractivity contribution in [1.82, 2.24) is 19.8 Å². The number of anilines is 1. The maximum Gasteiger partial charge on any atom is 0.257 e. The monoisotopic (exact) mass is 433 g/mol. The van der Waals surface area contributed by atoms with Crippen molar-refractivity contribution in [2.75, 3.05) is 19.4 Å². The van der Waals surface area contributed by atoms with E-state index in [4.69, 9.17) is 0 Å². The first-order chi connectivity index (χ1) is 15.3. The average molecular weight is 434 g/mol. The summed E-state index contributed by atoms with van der Waals surface area (Å²) in [5, 5.41) is 5.89. The van der Waals surface area contributed by atoms with Gasteiger partial charge in [-0.1, -0.05) is 12.1 Å². The maximum atomic E-state index is 13.0. The van der Waals surface area contributed by atoms with Crippen LogP contribution in [-0.2, 0) is 6.54 Å². The van der Waals surface area contributed by atoms with E-state index in [2.05, 4.69) is 15.6 Å². The van der Waals surface area contributed by atoms with E-state index >= 15 is 0 Å². The molecule has 3 aromatic rings. The minimum atomic E-state index is -0.359. The zero-order chi connectivity index (χ0) is 22.8. The molecule has 0 aliphatic carbocycles. The van der Waals surface area contributed by atoms with Crippen molar-refractivity contribution in [3.63, 3.8) is 0 Å². The normalized spacial score (nSPS) is 17.2. The van der Waals surface area contributed by atoms with Gasteiger partial charge in [-0.2, -0.15) is 0 Å². The summed E-state index contributed by atoms with van der Waals surface area (Å²) < 4.78 is 1.92. The van der Waals surface area contributed by atoms with Crippen LogP contribution in [0.2, 0.25) is 0 Å². The molecule has 2 aromatic carbocycles. The lowest BCUT2D eigenvalue weighted by Gasteiger charge is -2.17. The fraction of sp³-hybridized carbons (Fsp3) is 0.333. The van der Waals surface area contributed by atoms with E-state index in [1.165, 1.54) is 4.90 Å². The van der Waals surface area contributed by atoms with Gasteiger partial charge in [-0.25, -0.2) is 4.98 Å². The molecular weight excluding hydrogens is 406 g/mol. The fourth-order valence-corrected chi connectivity index (χ4v) is 3.99. The molecule has 2 bridgehead atoms. The third-order valence-corrected chi connectivity index (χ3v) is 5.66. The SMILES string of the molecule is C[C@H]1CCCCn2c(nc3cccc(C(=O)N(C)C)c32)NC(=O)c2cccc(c2)C(=O)N1. The number of amides is 3. The number of aromatic nitrogens is 2. The van der Waals surface area contributed by atoms with Gasteiger partial charge in [0.15, 0.2) is 0 Å². The number of aryl methyl sites for hydroxylation is 1. The highest BCUT2D eigenvalue weighted by Crippen LogP contribution is 2.26. The van der Waals surface area contributed by atoms with Crippen molar-refractivity contribution < 1.29 is 14.4 Å². The fourth-order valence-electron chi connectivity index (χ4n) is 3.99. The Morgan fingerprint density at radius 3 is 2.53 bits per heavy atom. The van der Waals surface area contributed by atoms with Crippen LogP contribution in [0, 0.1) is 0 Å². The quantitative estimate of drug-likeness (QED) is 0.615. The average Bonchev–Trinajstić information content (AvgIpc) is 3.12. The smallest absolute Gasteiger partial charge is 0.257 e. The van der Waals surface area contributed by atoms with Crippen LogP contribution < -0.4 is 10.6 Å². The summed E-state index contributed by atoms with van der Waals surface area (Å²) in [5.74, 6) is -0.276. The number of benzene rings is 2. The second-order valence-corrected chi connectivity index (χ2v) is 8.37. The van der Waals surface area contributed by atoms with Gasteiger partial charge in [-0.15, -0.1) is 0 Å². The summed E-state index contributed by atoms with van der Waals surface area (Å²) >= 11 is 0. The molecule has 0 radical (unpaired) electrons. The van der Waals surface area contributed by atoms with E-state index in [0.29, 0.717) is 40.2 Å². The molecule has 3 amide bonds. The maximum absolute atomic E-state index is 13.0. The predicted octanol–water partition coefficient (Wildman–Crippen LogP) is 3.29. The van der Waals surface area contributed by atoms with Gasteiger partial charge in [0.05, 0.1) is 16.6 Å². The molecular formula is C24H27N5O3. The Labute approximate surface area is 186 Å². The minimum absolute atomic E-state index is 0.00723. The molecule has 0 saturated heterocycles. The standard InChI is InChI=1S/C24H27N5O3/c1-15-8-4-5-13-29-20-18(23(32)28(2)3)11-7-12-19(20)26-24(29)27-22(31)17-10-6-9-16(14-17)21(30)25-15/h6-7,9-12,14-15H,4-5,8,13H2,1-3H3,(H,25,30)(H,26,27,31)/t15-/m0/s1. The number of hydrogen-bond acceptors (Lipinski definition) is 4. The summed E-state index contributed by atoms with van der Waals surface area (Å²) in [7, 11) is 3.43. The summed E-state index contributed by atoms with van der Waals surface area (Å²) in [6, 6.07) is 12.1. The van der Waals surface area contributed by atoms with Gasteiger partial charge < -0.3 is 14.8 Å². The van der Waals surface area contributed by atoms with E-state index in [-0.39, 0.29) is 23.8 Å². The molecule has 1 aliphatic rings. The van der Waals surface area contributed by atoms with Crippen molar-refractivity contribution in [3.8, 4) is 0 Å². The van der Waals surface area contributed by atoms with Crippen molar-refractivity contribution in [1.29, 1.82) is 0 Å². The number of fused-ring (bicyclic) bond motifs is 5. The Hall–Kier alpha value is -3.68. The molecule has 8 heteroatoms. The first kappa shape index (κ1) is 21.5. The van der Waals surface area contributed by atoms with E-state index in [9.17, 15) is 14.4 Å². The van der Waals surface area contributed by atoms with Crippen molar-refractivity contribution in [2.24, 2.45) is 0 Å². The molecule has 0 spiro atoms. The largest absolute Gasteiger partial charge is 0.350 e. The molecule has 1 aliphatic heterocycles. The zero-order valence-corrected chi connectivity index (χ0v) is 18.5. The minimum Gasteiger partial charge on any atom is -0.350 e. The Morgan fingerprint density at radius 2 is 1.78 bits per heavy atom. The number of rotatable bonds is 1. The number of hydrogen-bond donors (Lipinski definition) is 2. The van der Waals surface area contributed by atoms with Gasteiger partial charge in [0, 0.05) is 37.8 Å². The van der Waals surface area contributed by atoms with Crippen LogP contribution in [0.3, 0.4) is 0 Å². The molecule has 2 N–H and O–H groups in total. The predicted molar refractivity (Wildman–Crippen MR) is 123 cm³/mol. The molecule has 1 atom stereocenters. The highest BCUT2D eigenvalue weighted by Gasteiger charge is 2.21. The molecule has 0 fully saturated rings. The molecule has 0 saturated carbocycles. The molecule has 8 nitrogen and oxygen atoms in total. The molecule has 2 heterocycles. The van der Waals surface area contributed by atoms with E-state index in [1.807, 2.05) is 17.6 Å². The van der Waals surface area contributed by atoms with Crippen LogP contribution in [0.4, 0.5) is 5.95 Å². The molecule has 166 valence electrons. The highest BCUT2D eigenvalue weighted by molar-refractivity contribution is 6.08. The number of imidazole rings is 1. The van der Waals surface area contributed by atoms with Crippen molar-refractivity contribution >= 4 is 34.7 Å². The van der Waals surface area contributed by atoms with Gasteiger partial charge in [0.25, 0.3) is 17.7 Å². The Balaban J connectivity index is 1.82. The molecule has 1 aromatic heterocycles. The van der Waals surface area contributed by atoms with Gasteiger partial charge in [0.2, 0.25) is 5.95 Å². The van der Waals surface area contributed by atoms with E-state index in [0.717, 1.165) is 19.3 Å². The lowest BCUT2D eigenvalue weighted by Crippen LogP contribution is -2.32. The van der Waals surface area contributed by atoms with Crippen LogP contribution in [0.25, 0.3) is 11.0 Å². The summed E-state index contributed by atoms with van der Waals surface area (Å²) in [6.45, 7) is 2.57. The number of nitrogens with zero attached hydrogens (tertiary/aromatic N) is 3. The summed E-state index contributed by atoms with van der Waals surface area (Å²) in [5.41, 5.74) is 2.71. The van der Waals surface area contributed by atoms with Gasteiger partial charge >= 0.3 is 0 Å². The third kappa shape index (κ3) is 4.21. The first-order valence-corrected chi connectivity index (χ1v) is 10.8. The molecule has 0 unspecified atom stereocenters. The summed E-state index contributed by atoms with van der Waals surface area (Å²) in [4.78, 5) is 44.5. The third-order valence-electron chi connectivity index (χ3n) is 5.66. The van der Waals surface area contributed by atoms with Gasteiger partial charge in [-0.3, -0.25) is 19.7 Å². The number of nitrogens with one attached hydrogen (secondary N) is 2. The lowest BCUT2D eigenvalue weighted by atomic mass is 10.1. The Morgan fingerprint density at radius 1 is 1.06 bits per heavy atom. The number of carbonyl (C=O) groups excluding carboxylic acids is 3. The number of carbonyl (C=O) groups is 3. The molecule has 4 rings (SSSR count). The van der Waals surface area contributed by atoms with Gasteiger partial charge in [-0.05, 0) is 56.5 Å². The van der Waals surface area contributed by atoms with Crippen LogP contribution in [-0.4, -0.2) is 52.3 Å². The van der Waals surface area contributed by atoms with Crippen LogP contribution in [0.15, 0.2) is 42.5 Å². The van der Waals surface area contributed by atoms with E-state index in [1.54, 1.807) is 50.5 Å². The Kier molecular flexibility index (Phi) is 5.94. The van der Waals surface area contributed by atoms with E-state index < -0.39 is 0 Å². The van der Waals surface area contributed by atoms with Gasteiger partial charge in [0.1, 0.15) is 0 Å². The molecule has 32 heavy (non-hydrogen) atoms. The second kappa shape index (κ2) is 8.82. The first-order valence-electron chi connectivity index (χ1n) is 10.8. The van der Waals surface area contributed by atoms with Crippen molar-refractivity contribution in [2.45, 2.75) is 38.8 Å². The Bertz CT molecular complexity index is 1200. The van der Waals surface area contributed by atoms with Crippen LogP contribution in [0.1, 0.15) is 57.3 Å². The van der Waals surface area contributed by atoms with Crippen LogP contribution >= 0.6 is 0 Å². The van der Waals surface area contributed by atoms with Crippen molar-refractivity contribution in [3.05, 3.63) is 59.2 Å². The zero-order valence-electron chi connectivity index (χ0n) is 18.5. The number of para-hydroxylation sites is 1. The summed E-state index contributed by atoms with van der Waals surface area (Å²) in [6.07, 6.45) is 2.51. The lowest BCUT2D eigenvalue weighted by molar-refractivity contribution is 0.0828. The highest BCUT2D eigenvalue weighted by atomic mass is 16.2. The van der Waals surface area contributed by atoms with Crippen LogP contribution in [0.5, 0.6) is 0 Å².